The van der Waals surface area contributed by atoms with Gasteiger partial charge >= 0.3 is 0 Å². The van der Waals surface area contributed by atoms with E-state index in [4.69, 9.17) is 5.73 Å². The van der Waals surface area contributed by atoms with E-state index in [1.807, 2.05) is 5.32 Å². The highest BCUT2D eigenvalue weighted by atomic mass is 19.3. The van der Waals surface area contributed by atoms with Crippen molar-refractivity contribution < 1.29 is 27.5 Å². The number of nitrogens with one attached hydrogen (secondary N) is 1. The summed E-state index contributed by atoms with van der Waals surface area (Å²) in [5.41, 5.74) is 6.20. The number of hydrogen-bond acceptors (Lipinski definition) is 5. The Balaban J connectivity index is 1.52. The molecule has 1 amide bonds. The van der Waals surface area contributed by atoms with Crippen LogP contribution >= 0.6 is 0 Å². The molecule has 0 fully saturated rings. The fourth-order valence-corrected chi connectivity index (χ4v) is 3.50. The van der Waals surface area contributed by atoms with Crippen molar-refractivity contribution in [2.45, 2.75) is 19.0 Å². The summed E-state index contributed by atoms with van der Waals surface area (Å²) in [5, 5.41) is 15.9. The van der Waals surface area contributed by atoms with Crippen LogP contribution in [0.5, 0.6) is 0 Å². The third kappa shape index (κ3) is 4.42. The number of carbonyl (C=O) groups is 1. The number of benzene rings is 2. The van der Waals surface area contributed by atoms with Crippen LogP contribution in [0.4, 0.5) is 23.5 Å². The standard InChI is InChI=1S/C23H19F4N5O2/c1-12-16(21(34)29-11-23(26,27)20(33)13-2-4-15(24)5-3-13)6-7-17(19(12)25)14-8-9-32-18(10-14)30-22(28)31-32/h2-10,20,33H,11H2,1H3,(H2,28,31)(H,29,34). The number of nitrogens with two attached hydrogens (primary N) is 1. The van der Waals surface area contributed by atoms with Gasteiger partial charge in [0, 0.05) is 17.3 Å². The lowest BCUT2D eigenvalue weighted by Gasteiger charge is -2.23. The minimum absolute atomic E-state index is 0.0433. The molecule has 1 unspecified atom stereocenters. The largest absolute Gasteiger partial charge is 0.382 e. The molecule has 2 aromatic heterocycles. The van der Waals surface area contributed by atoms with Gasteiger partial charge in [-0.15, -0.1) is 5.10 Å². The fraction of sp³-hybridized carbons (Fsp3) is 0.174. The van der Waals surface area contributed by atoms with Gasteiger partial charge in [0.15, 0.2) is 5.65 Å². The number of aliphatic hydroxyl groups excluding tert-OH is 1. The van der Waals surface area contributed by atoms with Crippen LogP contribution < -0.4 is 11.1 Å². The van der Waals surface area contributed by atoms with Crippen LogP contribution in [0.15, 0.2) is 54.7 Å². The Hall–Kier alpha value is -3.99. The fourth-order valence-electron chi connectivity index (χ4n) is 3.50. The molecular weight excluding hydrogens is 454 g/mol. The summed E-state index contributed by atoms with van der Waals surface area (Å²) in [6.07, 6.45) is -0.715. The van der Waals surface area contributed by atoms with E-state index in [0.717, 1.165) is 24.3 Å². The van der Waals surface area contributed by atoms with Gasteiger partial charge in [0.05, 0.1) is 6.54 Å². The third-order valence-electron chi connectivity index (χ3n) is 5.37. The number of nitrogens with zero attached hydrogens (tertiary/aromatic N) is 3. The SMILES string of the molecule is Cc1c(C(=O)NCC(F)(F)C(O)c2ccc(F)cc2)ccc(-c2ccn3nc(N)nc3c2)c1F. The second-order valence-electron chi connectivity index (χ2n) is 7.69. The Bertz CT molecular complexity index is 1370. The summed E-state index contributed by atoms with van der Waals surface area (Å²) in [7, 11) is 0. The zero-order chi connectivity index (χ0) is 24.6. The molecule has 0 aliphatic heterocycles. The number of nitrogen functional groups attached to an aromatic ring is 1. The second kappa shape index (κ2) is 8.75. The monoisotopic (exact) mass is 473 g/mol. The highest BCUT2D eigenvalue weighted by Crippen LogP contribution is 2.31. The predicted molar refractivity (Wildman–Crippen MR) is 116 cm³/mol. The van der Waals surface area contributed by atoms with E-state index in [1.165, 1.54) is 23.6 Å². The Morgan fingerprint density at radius 3 is 2.59 bits per heavy atom. The molecule has 1 atom stereocenters. The Kier molecular flexibility index (Phi) is 5.96. The lowest BCUT2D eigenvalue weighted by Crippen LogP contribution is -2.41. The van der Waals surface area contributed by atoms with Crippen LogP contribution in [0.3, 0.4) is 0 Å². The zero-order valence-electron chi connectivity index (χ0n) is 17.8. The van der Waals surface area contributed by atoms with E-state index < -0.39 is 36.1 Å². The Morgan fingerprint density at radius 1 is 1.18 bits per heavy atom. The molecule has 0 radical (unpaired) electrons. The molecule has 0 bridgehead atoms. The van der Waals surface area contributed by atoms with E-state index in [0.29, 0.717) is 11.2 Å². The van der Waals surface area contributed by atoms with Gasteiger partial charge in [-0.25, -0.2) is 22.1 Å². The van der Waals surface area contributed by atoms with E-state index in [-0.39, 0.29) is 28.2 Å². The number of rotatable bonds is 6. The number of pyridine rings is 1. The third-order valence-corrected chi connectivity index (χ3v) is 5.37. The number of hydrogen-bond donors (Lipinski definition) is 3. The summed E-state index contributed by atoms with van der Waals surface area (Å²) in [4.78, 5) is 16.5. The number of alkyl halides is 2. The van der Waals surface area contributed by atoms with Crippen molar-refractivity contribution in [1.29, 1.82) is 0 Å². The molecule has 4 N–H and O–H groups in total. The molecule has 0 saturated heterocycles. The van der Waals surface area contributed by atoms with Crippen molar-refractivity contribution in [3.63, 3.8) is 0 Å². The van der Waals surface area contributed by atoms with Crippen molar-refractivity contribution in [1.82, 2.24) is 19.9 Å². The number of amides is 1. The molecule has 0 aliphatic carbocycles. The molecule has 4 rings (SSSR count). The van der Waals surface area contributed by atoms with Crippen LogP contribution in [0.2, 0.25) is 0 Å². The maximum atomic E-state index is 15.1. The molecule has 4 aromatic rings. The first-order chi connectivity index (χ1) is 16.1. The average Bonchev–Trinajstić information content (AvgIpc) is 3.18. The molecular formula is C23H19F4N5O2. The first kappa shape index (κ1) is 23.2. The molecule has 0 spiro atoms. The van der Waals surface area contributed by atoms with Gasteiger partial charge in [0.1, 0.15) is 17.7 Å². The smallest absolute Gasteiger partial charge is 0.294 e. The average molecular weight is 473 g/mol. The van der Waals surface area contributed by atoms with Crippen molar-refractivity contribution in [3.8, 4) is 11.1 Å². The van der Waals surface area contributed by atoms with Crippen molar-refractivity contribution >= 4 is 17.5 Å². The number of aromatic nitrogens is 3. The van der Waals surface area contributed by atoms with Crippen LogP contribution in [0.1, 0.15) is 27.6 Å². The van der Waals surface area contributed by atoms with Gasteiger partial charge in [0.2, 0.25) is 5.95 Å². The van der Waals surface area contributed by atoms with Crippen LogP contribution in [-0.4, -0.2) is 38.1 Å². The lowest BCUT2D eigenvalue weighted by atomic mass is 9.98. The molecule has 2 aromatic carbocycles. The van der Waals surface area contributed by atoms with Gasteiger partial charge in [-0.3, -0.25) is 4.79 Å². The van der Waals surface area contributed by atoms with Crippen LogP contribution in [-0.2, 0) is 0 Å². The molecule has 176 valence electrons. The highest BCUT2D eigenvalue weighted by Gasteiger charge is 2.40. The second-order valence-corrected chi connectivity index (χ2v) is 7.69. The molecule has 34 heavy (non-hydrogen) atoms. The summed E-state index contributed by atoms with van der Waals surface area (Å²) in [6, 6.07) is 9.77. The van der Waals surface area contributed by atoms with Gasteiger partial charge in [-0.2, -0.15) is 4.98 Å². The highest BCUT2D eigenvalue weighted by molar-refractivity contribution is 5.96. The van der Waals surface area contributed by atoms with Gasteiger partial charge in [-0.05, 0) is 53.9 Å². The minimum Gasteiger partial charge on any atom is -0.382 e. The minimum atomic E-state index is -3.75. The number of anilines is 1. The zero-order valence-corrected chi connectivity index (χ0v) is 17.8. The van der Waals surface area contributed by atoms with E-state index >= 15 is 4.39 Å². The van der Waals surface area contributed by atoms with Crippen LogP contribution in [0.25, 0.3) is 16.8 Å². The first-order valence-electron chi connectivity index (χ1n) is 10.1. The summed E-state index contributed by atoms with van der Waals surface area (Å²) < 4.78 is 58.4. The lowest BCUT2D eigenvalue weighted by molar-refractivity contribution is -0.106. The Labute approximate surface area is 190 Å². The number of fused-ring (bicyclic) bond motifs is 1. The topological polar surface area (TPSA) is 106 Å². The molecule has 2 heterocycles. The predicted octanol–water partition coefficient (Wildman–Crippen LogP) is 3.66. The summed E-state index contributed by atoms with van der Waals surface area (Å²) >= 11 is 0. The normalized spacial score (nSPS) is 12.6. The maximum Gasteiger partial charge on any atom is 0.294 e. The summed E-state index contributed by atoms with van der Waals surface area (Å²) in [6.45, 7) is 0.144. The molecule has 11 heteroatoms. The van der Waals surface area contributed by atoms with Crippen molar-refractivity contribution in [3.05, 3.63) is 83.1 Å². The molecule has 0 saturated carbocycles. The summed E-state index contributed by atoms with van der Waals surface area (Å²) in [5.74, 6) is -5.98. The Morgan fingerprint density at radius 2 is 1.88 bits per heavy atom. The van der Waals surface area contributed by atoms with E-state index in [2.05, 4.69) is 10.1 Å². The number of carbonyl (C=O) groups excluding carboxylic acids is 1. The number of halogens is 4. The van der Waals surface area contributed by atoms with Gasteiger partial charge in [-0.1, -0.05) is 18.2 Å². The number of aliphatic hydroxyl groups is 1. The van der Waals surface area contributed by atoms with Crippen molar-refractivity contribution in [2.24, 2.45) is 0 Å². The first-order valence-corrected chi connectivity index (χ1v) is 10.1. The van der Waals surface area contributed by atoms with Crippen LogP contribution in [0, 0.1) is 18.6 Å². The van der Waals surface area contributed by atoms with E-state index in [9.17, 15) is 23.1 Å². The molecule has 0 aliphatic rings. The maximum absolute atomic E-state index is 15.1. The quantitative estimate of drug-likeness (QED) is 0.371. The van der Waals surface area contributed by atoms with E-state index in [1.54, 1.807) is 18.3 Å². The molecule has 7 nitrogen and oxygen atoms in total. The van der Waals surface area contributed by atoms with Gasteiger partial charge in [0.25, 0.3) is 11.8 Å². The van der Waals surface area contributed by atoms with Crippen molar-refractivity contribution in [2.75, 3.05) is 12.3 Å². The van der Waals surface area contributed by atoms with Gasteiger partial charge < -0.3 is 16.2 Å².